The maximum absolute atomic E-state index is 13.6. The fraction of sp³-hybridized carbons (Fsp3) is 0.304. The molecule has 1 aliphatic carbocycles. The number of aromatic amines is 1. The number of fused-ring (bicyclic) bond motifs is 1. The van der Waals surface area contributed by atoms with Crippen LogP contribution in [0.1, 0.15) is 46.5 Å². The Morgan fingerprint density at radius 1 is 1.00 bits per heavy atom. The zero-order valence-corrected chi connectivity index (χ0v) is 16.3. The largest absolute Gasteiger partial charge is 0.416 e. The monoisotopic (exact) mass is 403 g/mol. The predicted molar refractivity (Wildman–Crippen MR) is 107 cm³/mol. The molecule has 0 fully saturated rings. The molecule has 4 rings (SSSR count). The molecule has 0 saturated carbocycles. The highest BCUT2D eigenvalue weighted by atomic mass is 35.5. The van der Waals surface area contributed by atoms with Crippen molar-refractivity contribution in [2.24, 2.45) is 0 Å². The number of H-pyrrole nitrogens is 1. The first kappa shape index (κ1) is 19.1. The van der Waals surface area contributed by atoms with Crippen LogP contribution in [0.15, 0.2) is 42.5 Å². The summed E-state index contributed by atoms with van der Waals surface area (Å²) in [5.41, 5.74) is 5.91. The van der Waals surface area contributed by atoms with Gasteiger partial charge in [-0.25, -0.2) is 0 Å². The van der Waals surface area contributed by atoms with Crippen LogP contribution in [0.2, 0.25) is 5.02 Å². The summed E-state index contributed by atoms with van der Waals surface area (Å²) in [6, 6.07) is 12.2. The van der Waals surface area contributed by atoms with E-state index >= 15 is 0 Å². The standard InChI is InChI=1S/C23H21ClF3N/c1-14-9-11-15(12-10-14)22-16-5-2-3-8-20(16)28-21(22)13-17-18(23(25,26)27)6-4-7-19(17)24/h4,6-7,9-12,28H,2-3,5,8,13H2,1H3. The van der Waals surface area contributed by atoms with Crippen molar-refractivity contribution in [2.75, 3.05) is 0 Å². The minimum absolute atomic E-state index is 0.128. The lowest BCUT2D eigenvalue weighted by molar-refractivity contribution is -0.138. The molecule has 3 aromatic rings. The van der Waals surface area contributed by atoms with Gasteiger partial charge in [0.25, 0.3) is 0 Å². The minimum Gasteiger partial charge on any atom is -0.361 e. The van der Waals surface area contributed by atoms with Gasteiger partial charge in [-0.05, 0) is 61.4 Å². The molecule has 1 nitrogen and oxygen atoms in total. The Balaban J connectivity index is 1.86. The van der Waals surface area contributed by atoms with Crippen molar-refractivity contribution in [1.82, 2.24) is 4.98 Å². The van der Waals surface area contributed by atoms with Gasteiger partial charge in [0.2, 0.25) is 0 Å². The van der Waals surface area contributed by atoms with Crippen molar-refractivity contribution in [1.29, 1.82) is 0 Å². The van der Waals surface area contributed by atoms with E-state index in [1.54, 1.807) is 0 Å². The summed E-state index contributed by atoms with van der Waals surface area (Å²) < 4.78 is 40.7. The third kappa shape index (κ3) is 3.58. The van der Waals surface area contributed by atoms with Crippen LogP contribution in [0.25, 0.3) is 11.1 Å². The summed E-state index contributed by atoms with van der Waals surface area (Å²) in [6.45, 7) is 2.02. The number of hydrogen-bond donors (Lipinski definition) is 1. The highest BCUT2D eigenvalue weighted by molar-refractivity contribution is 6.31. The highest BCUT2D eigenvalue weighted by Crippen LogP contribution is 2.40. The number of aryl methyl sites for hydroxylation is 2. The first-order valence-corrected chi connectivity index (χ1v) is 9.86. The molecule has 0 radical (unpaired) electrons. The molecule has 5 heteroatoms. The molecule has 1 aliphatic rings. The SMILES string of the molecule is Cc1ccc(-c2c(Cc3c(Cl)cccc3C(F)(F)F)[nH]c3c2CCCC3)cc1. The van der Waals surface area contributed by atoms with E-state index in [-0.39, 0.29) is 17.0 Å². The fourth-order valence-corrected chi connectivity index (χ4v) is 4.37. The van der Waals surface area contributed by atoms with Gasteiger partial charge in [-0.15, -0.1) is 0 Å². The quantitative estimate of drug-likeness (QED) is 0.478. The van der Waals surface area contributed by atoms with Crippen LogP contribution < -0.4 is 0 Å². The molecule has 0 bridgehead atoms. The maximum Gasteiger partial charge on any atom is 0.416 e. The van der Waals surface area contributed by atoms with Crippen molar-refractivity contribution < 1.29 is 13.2 Å². The lowest BCUT2D eigenvalue weighted by Crippen LogP contribution is -2.10. The molecule has 146 valence electrons. The fourth-order valence-electron chi connectivity index (χ4n) is 4.13. The number of halogens is 4. The molecule has 2 aromatic carbocycles. The molecule has 0 aliphatic heterocycles. The van der Waals surface area contributed by atoms with E-state index in [9.17, 15) is 13.2 Å². The maximum atomic E-state index is 13.6. The molecule has 0 spiro atoms. The van der Waals surface area contributed by atoms with Crippen molar-refractivity contribution in [3.63, 3.8) is 0 Å². The molecule has 0 unspecified atom stereocenters. The van der Waals surface area contributed by atoms with Gasteiger partial charge in [0.05, 0.1) is 5.56 Å². The molecular weight excluding hydrogens is 383 g/mol. The van der Waals surface area contributed by atoms with Gasteiger partial charge in [-0.2, -0.15) is 13.2 Å². The number of aromatic nitrogens is 1. The molecule has 0 saturated heterocycles. The minimum atomic E-state index is -4.43. The Bertz CT molecular complexity index is 1000. The smallest absolute Gasteiger partial charge is 0.361 e. The Morgan fingerprint density at radius 2 is 1.71 bits per heavy atom. The van der Waals surface area contributed by atoms with Crippen LogP contribution in [0.3, 0.4) is 0 Å². The molecule has 1 N–H and O–H groups in total. The molecule has 1 aromatic heterocycles. The first-order chi connectivity index (χ1) is 13.3. The topological polar surface area (TPSA) is 15.8 Å². The van der Waals surface area contributed by atoms with Crippen LogP contribution >= 0.6 is 11.6 Å². The second-order valence-corrected chi connectivity index (χ2v) is 7.86. The molecule has 1 heterocycles. The zero-order valence-electron chi connectivity index (χ0n) is 15.6. The van der Waals surface area contributed by atoms with Crippen molar-refractivity contribution in [3.05, 3.63) is 81.1 Å². The Morgan fingerprint density at radius 3 is 2.43 bits per heavy atom. The van der Waals surface area contributed by atoms with Crippen molar-refractivity contribution in [3.8, 4) is 11.1 Å². The third-order valence-electron chi connectivity index (χ3n) is 5.49. The second-order valence-electron chi connectivity index (χ2n) is 7.45. The average Bonchev–Trinajstić information content (AvgIpc) is 3.01. The number of benzene rings is 2. The normalized spacial score (nSPS) is 14.2. The van der Waals surface area contributed by atoms with Gasteiger partial charge in [0.1, 0.15) is 0 Å². The number of rotatable bonds is 3. The van der Waals surface area contributed by atoms with Gasteiger partial charge in [-0.3, -0.25) is 0 Å². The van der Waals surface area contributed by atoms with Crippen LogP contribution in [0, 0.1) is 6.92 Å². The number of alkyl halides is 3. The number of nitrogens with one attached hydrogen (secondary N) is 1. The Kier molecular flexibility index (Phi) is 5.00. The van der Waals surface area contributed by atoms with Crippen LogP contribution in [0.4, 0.5) is 13.2 Å². The van der Waals surface area contributed by atoms with Gasteiger partial charge < -0.3 is 4.98 Å². The van der Waals surface area contributed by atoms with E-state index in [4.69, 9.17) is 11.6 Å². The molecule has 0 amide bonds. The van der Waals surface area contributed by atoms with Gasteiger partial charge in [0.15, 0.2) is 0 Å². The zero-order chi connectivity index (χ0) is 19.9. The second kappa shape index (κ2) is 7.32. The predicted octanol–water partition coefficient (Wildman–Crippen LogP) is 7.13. The highest BCUT2D eigenvalue weighted by Gasteiger charge is 2.34. The lowest BCUT2D eigenvalue weighted by Gasteiger charge is -2.15. The molecular formula is C23H21ClF3N. The van der Waals surface area contributed by atoms with Crippen LogP contribution in [0.5, 0.6) is 0 Å². The van der Waals surface area contributed by atoms with E-state index in [1.165, 1.54) is 17.7 Å². The van der Waals surface area contributed by atoms with Gasteiger partial charge in [-0.1, -0.05) is 47.5 Å². The Hall–Kier alpha value is -2.20. The third-order valence-corrected chi connectivity index (χ3v) is 5.85. The van der Waals surface area contributed by atoms with Crippen LogP contribution in [-0.4, -0.2) is 4.98 Å². The van der Waals surface area contributed by atoms with E-state index < -0.39 is 11.7 Å². The van der Waals surface area contributed by atoms with Crippen molar-refractivity contribution in [2.45, 2.75) is 45.2 Å². The summed E-state index contributed by atoms with van der Waals surface area (Å²) in [5, 5.41) is 0.150. The molecule has 28 heavy (non-hydrogen) atoms. The van der Waals surface area contributed by atoms with Crippen LogP contribution in [-0.2, 0) is 25.4 Å². The van der Waals surface area contributed by atoms with Crippen molar-refractivity contribution >= 4 is 11.6 Å². The van der Waals surface area contributed by atoms with E-state index in [0.29, 0.717) is 0 Å². The number of hydrogen-bond acceptors (Lipinski definition) is 0. The van der Waals surface area contributed by atoms with Gasteiger partial charge >= 0.3 is 6.18 Å². The van der Waals surface area contributed by atoms with E-state index in [1.807, 2.05) is 31.2 Å². The van der Waals surface area contributed by atoms with E-state index in [2.05, 4.69) is 4.98 Å². The lowest BCUT2D eigenvalue weighted by atomic mass is 9.89. The average molecular weight is 404 g/mol. The summed E-state index contributed by atoms with van der Waals surface area (Å²) >= 11 is 6.22. The first-order valence-electron chi connectivity index (χ1n) is 9.49. The Labute approximate surface area is 167 Å². The summed E-state index contributed by atoms with van der Waals surface area (Å²) in [4.78, 5) is 3.44. The summed E-state index contributed by atoms with van der Waals surface area (Å²) in [5.74, 6) is 0. The van der Waals surface area contributed by atoms with Gasteiger partial charge in [0, 0.05) is 28.4 Å². The molecule has 0 atom stereocenters. The summed E-state index contributed by atoms with van der Waals surface area (Å²) in [6.07, 6.45) is -0.225. The summed E-state index contributed by atoms with van der Waals surface area (Å²) in [7, 11) is 0. The van der Waals surface area contributed by atoms with E-state index in [0.717, 1.165) is 59.8 Å².